The predicted molar refractivity (Wildman–Crippen MR) is 111 cm³/mol. The molecular formula is C24H19OP. The van der Waals surface area contributed by atoms with Crippen molar-refractivity contribution in [1.82, 2.24) is 0 Å². The first-order valence-corrected chi connectivity index (χ1v) is 10.1. The molecule has 26 heavy (non-hydrogen) atoms. The standard InChI is InChI=1S/C24H19OP/c25-24(19-11-4-1-5-12-19)22-17-10-18-23(22)26(20-13-6-2-7-14-20)21-15-8-3-9-16-21/h1-18,22H. The summed E-state index contributed by atoms with van der Waals surface area (Å²) in [5, 5.41) is 3.75. The van der Waals surface area contributed by atoms with Crippen LogP contribution in [0.5, 0.6) is 0 Å². The van der Waals surface area contributed by atoms with Crippen molar-refractivity contribution in [2.75, 3.05) is 0 Å². The fourth-order valence-corrected chi connectivity index (χ4v) is 5.84. The lowest BCUT2D eigenvalue weighted by molar-refractivity contribution is 0.0964. The number of allylic oxidation sites excluding steroid dienone is 4. The van der Waals surface area contributed by atoms with Gasteiger partial charge in [-0.3, -0.25) is 4.79 Å². The number of hydrogen-bond acceptors (Lipinski definition) is 1. The zero-order valence-electron chi connectivity index (χ0n) is 14.3. The van der Waals surface area contributed by atoms with Crippen molar-refractivity contribution in [1.29, 1.82) is 0 Å². The Balaban J connectivity index is 1.75. The van der Waals surface area contributed by atoms with Crippen LogP contribution in [0.2, 0.25) is 0 Å². The number of carbonyl (C=O) groups excluding carboxylic acids is 1. The molecule has 0 fully saturated rings. The first kappa shape index (κ1) is 16.7. The topological polar surface area (TPSA) is 17.1 Å². The van der Waals surface area contributed by atoms with Crippen molar-refractivity contribution in [3.63, 3.8) is 0 Å². The molecule has 1 aliphatic rings. The lowest BCUT2D eigenvalue weighted by Crippen LogP contribution is -2.20. The van der Waals surface area contributed by atoms with E-state index in [1.165, 1.54) is 15.9 Å². The third-order valence-electron chi connectivity index (χ3n) is 4.52. The Morgan fingerprint density at radius 3 is 1.73 bits per heavy atom. The molecule has 0 saturated carbocycles. The maximum Gasteiger partial charge on any atom is 0.174 e. The summed E-state index contributed by atoms with van der Waals surface area (Å²) >= 11 is 0. The molecule has 1 atom stereocenters. The van der Waals surface area contributed by atoms with Crippen molar-refractivity contribution in [3.8, 4) is 0 Å². The van der Waals surface area contributed by atoms with Gasteiger partial charge in [0, 0.05) is 5.56 Å². The highest BCUT2D eigenvalue weighted by atomic mass is 31.1. The van der Waals surface area contributed by atoms with Crippen LogP contribution in [0, 0.1) is 5.92 Å². The second kappa shape index (κ2) is 7.64. The van der Waals surface area contributed by atoms with Gasteiger partial charge in [0.05, 0.1) is 5.92 Å². The average molecular weight is 354 g/mol. The molecule has 0 N–H and O–H groups in total. The summed E-state index contributed by atoms with van der Waals surface area (Å²) in [4.78, 5) is 13.1. The molecule has 0 bridgehead atoms. The normalized spacial score (nSPS) is 15.9. The molecule has 0 radical (unpaired) electrons. The van der Waals surface area contributed by atoms with E-state index in [2.05, 4.69) is 54.6 Å². The van der Waals surface area contributed by atoms with Crippen molar-refractivity contribution < 1.29 is 4.79 Å². The van der Waals surface area contributed by atoms with Gasteiger partial charge in [0.1, 0.15) is 0 Å². The van der Waals surface area contributed by atoms with Crippen molar-refractivity contribution >= 4 is 24.3 Å². The first-order chi connectivity index (χ1) is 12.8. The molecule has 0 amide bonds. The molecule has 0 aliphatic heterocycles. The van der Waals surface area contributed by atoms with Gasteiger partial charge in [-0.15, -0.1) is 0 Å². The summed E-state index contributed by atoms with van der Waals surface area (Å²) in [6.07, 6.45) is 6.20. The van der Waals surface area contributed by atoms with Gasteiger partial charge in [0.15, 0.2) is 5.78 Å². The number of benzene rings is 3. The molecule has 4 rings (SSSR count). The molecule has 3 aromatic carbocycles. The number of Topliss-reactive ketones (excluding diaryl/α,β-unsaturated/α-hetero) is 1. The summed E-state index contributed by atoms with van der Waals surface area (Å²) < 4.78 is 0. The smallest absolute Gasteiger partial charge is 0.174 e. The Kier molecular flexibility index (Phi) is 4.91. The molecule has 0 heterocycles. The van der Waals surface area contributed by atoms with E-state index < -0.39 is 7.92 Å². The Hall–Kier alpha value is -2.76. The van der Waals surface area contributed by atoms with Crippen LogP contribution in [0.1, 0.15) is 10.4 Å². The van der Waals surface area contributed by atoms with Crippen LogP contribution >= 0.6 is 7.92 Å². The lowest BCUT2D eigenvalue weighted by atomic mass is 9.99. The number of hydrogen-bond donors (Lipinski definition) is 0. The largest absolute Gasteiger partial charge is 0.293 e. The second-order valence-electron chi connectivity index (χ2n) is 6.19. The van der Waals surface area contributed by atoms with Crippen LogP contribution in [-0.2, 0) is 0 Å². The molecule has 0 aromatic heterocycles. The molecule has 1 nitrogen and oxygen atoms in total. The highest BCUT2D eigenvalue weighted by molar-refractivity contribution is 7.76. The van der Waals surface area contributed by atoms with Gasteiger partial charge in [0.25, 0.3) is 0 Å². The van der Waals surface area contributed by atoms with Crippen LogP contribution in [0.4, 0.5) is 0 Å². The molecule has 126 valence electrons. The molecule has 2 heteroatoms. The first-order valence-electron chi connectivity index (χ1n) is 8.72. The molecule has 0 spiro atoms. The molecule has 1 aliphatic carbocycles. The van der Waals surface area contributed by atoms with Gasteiger partial charge < -0.3 is 0 Å². The predicted octanol–water partition coefficient (Wildman–Crippen LogP) is 5.07. The lowest BCUT2D eigenvalue weighted by Gasteiger charge is -2.24. The van der Waals surface area contributed by atoms with E-state index in [0.29, 0.717) is 0 Å². The quantitative estimate of drug-likeness (QED) is 0.462. The van der Waals surface area contributed by atoms with Crippen LogP contribution < -0.4 is 10.6 Å². The third-order valence-corrected chi connectivity index (χ3v) is 7.09. The summed E-state index contributed by atoms with van der Waals surface area (Å²) in [6.45, 7) is 0. The number of rotatable bonds is 5. The van der Waals surface area contributed by atoms with Crippen molar-refractivity contribution in [2.45, 2.75) is 0 Å². The van der Waals surface area contributed by atoms with Gasteiger partial charge in [-0.2, -0.15) is 0 Å². The van der Waals surface area contributed by atoms with E-state index in [1.54, 1.807) is 0 Å². The SMILES string of the molecule is O=C(c1ccccc1)C1C=CC=C1P(c1ccccc1)c1ccccc1. The van der Waals surface area contributed by atoms with Crippen molar-refractivity contribution in [3.05, 3.63) is 120 Å². The van der Waals surface area contributed by atoms with Gasteiger partial charge >= 0.3 is 0 Å². The highest BCUT2D eigenvalue weighted by Crippen LogP contribution is 2.49. The van der Waals surface area contributed by atoms with E-state index >= 15 is 0 Å². The van der Waals surface area contributed by atoms with Gasteiger partial charge in [-0.05, 0) is 23.8 Å². The Morgan fingerprint density at radius 2 is 1.19 bits per heavy atom. The van der Waals surface area contributed by atoms with Crippen LogP contribution in [0.3, 0.4) is 0 Å². The van der Waals surface area contributed by atoms with Gasteiger partial charge in [-0.25, -0.2) is 0 Å². The summed E-state index contributed by atoms with van der Waals surface area (Å²) in [7, 11) is -0.736. The van der Waals surface area contributed by atoms with E-state index in [4.69, 9.17) is 0 Å². The maximum atomic E-state index is 13.1. The second-order valence-corrected chi connectivity index (χ2v) is 8.41. The Bertz CT molecular complexity index is 904. The van der Waals surface area contributed by atoms with Gasteiger partial charge in [0.2, 0.25) is 0 Å². The van der Waals surface area contributed by atoms with Crippen LogP contribution in [0.15, 0.2) is 115 Å². The monoisotopic (exact) mass is 354 g/mol. The fraction of sp³-hybridized carbons (Fsp3) is 0.0417. The molecule has 0 saturated heterocycles. The number of ketones is 1. The summed E-state index contributed by atoms with van der Waals surface area (Å²) in [5.41, 5.74) is 0.769. The van der Waals surface area contributed by atoms with E-state index in [1.807, 2.05) is 54.6 Å². The Labute approximate surface area is 155 Å². The van der Waals surface area contributed by atoms with E-state index in [-0.39, 0.29) is 11.7 Å². The minimum Gasteiger partial charge on any atom is -0.293 e. The van der Waals surface area contributed by atoms with Gasteiger partial charge in [-0.1, -0.05) is 109 Å². The average Bonchev–Trinajstić information content (AvgIpc) is 3.19. The minimum absolute atomic E-state index is 0.171. The highest BCUT2D eigenvalue weighted by Gasteiger charge is 2.30. The van der Waals surface area contributed by atoms with Crippen LogP contribution in [0.25, 0.3) is 0 Å². The molecular weight excluding hydrogens is 335 g/mol. The van der Waals surface area contributed by atoms with Crippen LogP contribution in [-0.4, -0.2) is 5.78 Å². The minimum atomic E-state index is -0.736. The molecule has 1 unspecified atom stereocenters. The summed E-state index contributed by atoms with van der Waals surface area (Å²) in [6, 6.07) is 30.6. The van der Waals surface area contributed by atoms with Crippen molar-refractivity contribution in [2.24, 2.45) is 5.92 Å². The third kappa shape index (κ3) is 3.31. The Morgan fingerprint density at radius 1 is 0.692 bits per heavy atom. The maximum absolute atomic E-state index is 13.1. The van der Waals surface area contributed by atoms with E-state index in [9.17, 15) is 4.79 Å². The van der Waals surface area contributed by atoms with E-state index in [0.717, 1.165) is 5.56 Å². The number of carbonyl (C=O) groups is 1. The summed E-state index contributed by atoms with van der Waals surface area (Å²) in [5.74, 6) is -0.0196. The zero-order chi connectivity index (χ0) is 17.8. The fourth-order valence-electron chi connectivity index (χ4n) is 3.29. The zero-order valence-corrected chi connectivity index (χ0v) is 15.2. The molecule has 3 aromatic rings.